The van der Waals surface area contributed by atoms with Crippen molar-refractivity contribution < 1.29 is 80.2 Å². The summed E-state index contributed by atoms with van der Waals surface area (Å²) in [6.07, 6.45) is 50.5. The maximum atomic E-state index is 13.0. The van der Waals surface area contributed by atoms with E-state index in [0.29, 0.717) is 25.7 Å². The summed E-state index contributed by atoms with van der Waals surface area (Å²) in [5.41, 5.74) is 0. The molecular formula is C70H136O17P2. The van der Waals surface area contributed by atoms with E-state index in [9.17, 15) is 43.2 Å². The minimum absolute atomic E-state index is 0.105. The van der Waals surface area contributed by atoms with Crippen molar-refractivity contribution in [1.82, 2.24) is 0 Å². The SMILES string of the molecule is CCCCCCCCCCCCCCCCCCCCCCC(=O)O[C@H](COC(=O)CCCCCCCCCCCCCCC(C)C)COP(=O)(O)OC[C@@H](O)COP(=O)(O)OC[C@@H](COC(=O)CCCCCCC)OC(=O)CCCCCCCCCCC. The predicted molar refractivity (Wildman–Crippen MR) is 358 cm³/mol. The van der Waals surface area contributed by atoms with E-state index in [-0.39, 0.29) is 25.7 Å². The molecule has 3 N–H and O–H groups in total. The number of hydrogen-bond donors (Lipinski definition) is 3. The van der Waals surface area contributed by atoms with Gasteiger partial charge in [0, 0.05) is 25.7 Å². The van der Waals surface area contributed by atoms with Gasteiger partial charge >= 0.3 is 39.5 Å². The molecular weight excluding hydrogens is 1170 g/mol. The first-order chi connectivity index (χ1) is 43.0. The first kappa shape index (κ1) is 87.1. The number of hydrogen-bond acceptors (Lipinski definition) is 15. The zero-order valence-electron chi connectivity index (χ0n) is 57.6. The average Bonchev–Trinajstić information content (AvgIpc) is 3.70. The molecule has 0 aliphatic heterocycles. The molecule has 0 saturated heterocycles. The molecule has 2 unspecified atom stereocenters. The van der Waals surface area contributed by atoms with Crippen LogP contribution in [0.1, 0.15) is 362 Å². The van der Waals surface area contributed by atoms with Crippen molar-refractivity contribution in [2.45, 2.75) is 380 Å². The summed E-state index contributed by atoms with van der Waals surface area (Å²) >= 11 is 0. The molecule has 0 amide bonds. The summed E-state index contributed by atoms with van der Waals surface area (Å²) in [6, 6.07) is 0. The van der Waals surface area contributed by atoms with Crippen LogP contribution in [0.15, 0.2) is 0 Å². The van der Waals surface area contributed by atoms with Crippen molar-refractivity contribution >= 4 is 39.5 Å². The maximum absolute atomic E-state index is 13.0. The number of aliphatic hydroxyl groups is 1. The number of carbonyl (C=O) groups excluding carboxylic acids is 4. The number of unbranched alkanes of at least 4 members (excludes halogenated alkanes) is 42. The Morgan fingerprint density at radius 3 is 0.764 bits per heavy atom. The van der Waals surface area contributed by atoms with Crippen molar-refractivity contribution in [3.8, 4) is 0 Å². The third-order valence-corrected chi connectivity index (χ3v) is 18.2. The number of phosphoric acid groups is 2. The van der Waals surface area contributed by atoms with Gasteiger partial charge in [-0.2, -0.15) is 0 Å². The number of ether oxygens (including phenoxy) is 4. The van der Waals surface area contributed by atoms with Crippen LogP contribution in [-0.4, -0.2) is 96.7 Å². The molecule has 0 heterocycles. The van der Waals surface area contributed by atoms with Crippen LogP contribution in [0.5, 0.6) is 0 Å². The van der Waals surface area contributed by atoms with Crippen LogP contribution in [0.2, 0.25) is 0 Å². The van der Waals surface area contributed by atoms with Crippen LogP contribution in [0.25, 0.3) is 0 Å². The minimum atomic E-state index is -4.95. The first-order valence-corrected chi connectivity index (χ1v) is 39.6. The second-order valence-corrected chi connectivity index (χ2v) is 28.7. The topological polar surface area (TPSA) is 237 Å². The maximum Gasteiger partial charge on any atom is 0.472 e. The Kier molecular flexibility index (Phi) is 62.1. The molecule has 0 aromatic heterocycles. The quantitative estimate of drug-likeness (QED) is 0.0222. The Balaban J connectivity index is 5.12. The zero-order valence-corrected chi connectivity index (χ0v) is 59.4. The molecule has 0 radical (unpaired) electrons. The largest absolute Gasteiger partial charge is 0.472 e. The fourth-order valence-electron chi connectivity index (χ4n) is 10.6. The molecule has 0 aliphatic carbocycles. The Morgan fingerprint density at radius 1 is 0.303 bits per heavy atom. The van der Waals surface area contributed by atoms with Gasteiger partial charge in [-0.15, -0.1) is 0 Å². The van der Waals surface area contributed by atoms with Gasteiger partial charge in [-0.3, -0.25) is 37.3 Å². The fraction of sp³-hybridized carbons (Fsp3) is 0.943. The van der Waals surface area contributed by atoms with E-state index in [2.05, 4.69) is 34.6 Å². The van der Waals surface area contributed by atoms with Gasteiger partial charge in [0.25, 0.3) is 0 Å². The highest BCUT2D eigenvalue weighted by atomic mass is 31.2. The summed E-state index contributed by atoms with van der Waals surface area (Å²) in [5.74, 6) is -1.35. The van der Waals surface area contributed by atoms with Crippen LogP contribution >= 0.6 is 15.6 Å². The van der Waals surface area contributed by atoms with Gasteiger partial charge in [0.1, 0.15) is 19.3 Å². The van der Waals surface area contributed by atoms with Crippen molar-refractivity contribution in [3.05, 3.63) is 0 Å². The molecule has 0 aromatic rings. The van der Waals surface area contributed by atoms with Gasteiger partial charge in [0.05, 0.1) is 26.4 Å². The Bertz CT molecular complexity index is 1720. The Morgan fingerprint density at radius 2 is 0.517 bits per heavy atom. The predicted octanol–water partition coefficient (Wildman–Crippen LogP) is 20.1. The van der Waals surface area contributed by atoms with Crippen LogP contribution in [0, 0.1) is 5.92 Å². The lowest BCUT2D eigenvalue weighted by Crippen LogP contribution is -2.30. The zero-order chi connectivity index (χ0) is 65.6. The number of phosphoric ester groups is 2. The molecule has 19 heteroatoms. The van der Waals surface area contributed by atoms with E-state index >= 15 is 0 Å². The Labute approximate surface area is 543 Å². The summed E-state index contributed by atoms with van der Waals surface area (Å²) in [6.45, 7) is 7.15. The summed E-state index contributed by atoms with van der Waals surface area (Å²) in [5, 5.41) is 10.5. The van der Waals surface area contributed by atoms with E-state index in [0.717, 1.165) is 102 Å². The Hall–Kier alpha value is -1.94. The first-order valence-electron chi connectivity index (χ1n) is 36.6. The number of rotatable bonds is 70. The van der Waals surface area contributed by atoms with Crippen molar-refractivity contribution in [3.63, 3.8) is 0 Å². The van der Waals surface area contributed by atoms with E-state index in [4.69, 9.17) is 37.0 Å². The summed E-state index contributed by atoms with van der Waals surface area (Å²) < 4.78 is 68.0. The summed E-state index contributed by atoms with van der Waals surface area (Å²) in [4.78, 5) is 72.2. The van der Waals surface area contributed by atoms with Gasteiger partial charge in [0.2, 0.25) is 0 Å². The highest BCUT2D eigenvalue weighted by molar-refractivity contribution is 7.47. The van der Waals surface area contributed by atoms with Crippen LogP contribution in [0.3, 0.4) is 0 Å². The monoisotopic (exact) mass is 1310 g/mol. The molecule has 0 rings (SSSR count). The van der Waals surface area contributed by atoms with Crippen molar-refractivity contribution in [2.24, 2.45) is 5.92 Å². The molecule has 0 saturated carbocycles. The van der Waals surface area contributed by atoms with Gasteiger partial charge in [-0.25, -0.2) is 9.13 Å². The lowest BCUT2D eigenvalue weighted by atomic mass is 10.0. The number of carbonyl (C=O) groups is 4. The van der Waals surface area contributed by atoms with E-state index in [1.807, 2.05) is 0 Å². The van der Waals surface area contributed by atoms with Crippen LogP contribution < -0.4 is 0 Å². The van der Waals surface area contributed by atoms with Gasteiger partial charge in [0.15, 0.2) is 12.2 Å². The summed E-state index contributed by atoms with van der Waals surface area (Å²) in [7, 11) is -9.89. The van der Waals surface area contributed by atoms with Gasteiger partial charge < -0.3 is 33.8 Å². The number of esters is 4. The molecule has 0 aromatic carbocycles. The number of aliphatic hydroxyl groups excluding tert-OH is 1. The van der Waals surface area contributed by atoms with Crippen LogP contribution in [-0.2, 0) is 65.4 Å². The van der Waals surface area contributed by atoms with Gasteiger partial charge in [-0.05, 0) is 31.6 Å². The highest BCUT2D eigenvalue weighted by Gasteiger charge is 2.30. The standard InChI is InChI=1S/C70H136O17P2/c1-6-9-12-15-17-19-20-21-22-23-24-25-26-27-28-33-37-41-46-51-56-70(75)87-66(60-81-68(73)54-49-44-39-36-32-30-29-31-35-38-43-47-52-63(4)5)62-85-89(78,79)83-58-64(71)57-82-88(76,77)84-61-65(59-80-67(72)53-48-42-14-11-8-3)86-69(74)55-50-45-40-34-18-16-13-10-7-2/h63-66,71H,6-62H2,1-5H3,(H,76,77)(H,78,79)/t64-,65+,66+/m0/s1. The molecule has 0 bridgehead atoms. The molecule has 0 fully saturated rings. The average molecular weight is 1310 g/mol. The molecule has 0 spiro atoms. The minimum Gasteiger partial charge on any atom is -0.462 e. The highest BCUT2D eigenvalue weighted by Crippen LogP contribution is 2.45. The molecule has 0 aliphatic rings. The van der Waals surface area contributed by atoms with E-state index in [1.54, 1.807) is 0 Å². The smallest absolute Gasteiger partial charge is 0.462 e. The van der Waals surface area contributed by atoms with Crippen LogP contribution in [0.4, 0.5) is 0 Å². The molecule has 89 heavy (non-hydrogen) atoms. The van der Waals surface area contributed by atoms with Crippen molar-refractivity contribution in [2.75, 3.05) is 39.6 Å². The fourth-order valence-corrected chi connectivity index (χ4v) is 12.2. The normalized spacial score (nSPS) is 14.1. The van der Waals surface area contributed by atoms with E-state index < -0.39 is 97.5 Å². The lowest BCUT2D eigenvalue weighted by Gasteiger charge is -2.21. The molecule has 528 valence electrons. The van der Waals surface area contributed by atoms with E-state index in [1.165, 1.54) is 180 Å². The van der Waals surface area contributed by atoms with Crippen molar-refractivity contribution in [1.29, 1.82) is 0 Å². The third-order valence-electron chi connectivity index (χ3n) is 16.3. The lowest BCUT2D eigenvalue weighted by molar-refractivity contribution is -0.161. The molecule has 17 nitrogen and oxygen atoms in total. The van der Waals surface area contributed by atoms with Gasteiger partial charge in [-0.1, -0.05) is 311 Å². The second kappa shape index (κ2) is 63.5. The third kappa shape index (κ3) is 64.6. The molecule has 5 atom stereocenters. The second-order valence-electron chi connectivity index (χ2n) is 25.7.